The molecule has 0 bridgehead atoms. The lowest BCUT2D eigenvalue weighted by molar-refractivity contribution is -0.661. The molecule has 3 N–H and O–H groups in total. The van der Waals surface area contributed by atoms with Crippen LogP contribution < -0.4 is 17.7 Å². The minimum absolute atomic E-state index is 0. The van der Waals surface area contributed by atoms with Crippen molar-refractivity contribution in [1.29, 1.82) is 0 Å². The zero-order valence-electron chi connectivity index (χ0n) is 10.0. The Bertz CT molecular complexity index is 513. The van der Waals surface area contributed by atoms with Crippen LogP contribution in [0.4, 0.5) is 0 Å². The Hall–Kier alpha value is -1.52. The summed E-state index contributed by atoms with van der Waals surface area (Å²) < 4.78 is 0. The number of halogens is 1. The summed E-state index contributed by atoms with van der Waals surface area (Å²) in [6.07, 6.45) is 0. The molecule has 2 aromatic rings. The van der Waals surface area contributed by atoms with Gasteiger partial charge in [-0.25, -0.2) is 0 Å². The van der Waals surface area contributed by atoms with E-state index < -0.39 is 0 Å². The normalized spacial score (nSPS) is 15.4. The summed E-state index contributed by atoms with van der Waals surface area (Å²) in [5, 5.41) is 3.34. The van der Waals surface area contributed by atoms with E-state index in [9.17, 15) is 4.79 Å². The summed E-state index contributed by atoms with van der Waals surface area (Å²) >= 11 is 0. The van der Waals surface area contributed by atoms with Crippen molar-refractivity contribution in [2.75, 3.05) is 26.2 Å². The van der Waals surface area contributed by atoms with E-state index in [1.165, 1.54) is 0 Å². The van der Waals surface area contributed by atoms with Gasteiger partial charge < -0.3 is 27.6 Å². The van der Waals surface area contributed by atoms with Crippen molar-refractivity contribution in [2.24, 2.45) is 0 Å². The zero-order chi connectivity index (χ0) is 11.7. The van der Waals surface area contributed by atoms with Crippen LogP contribution in [0.5, 0.6) is 0 Å². The maximum atomic E-state index is 12.3. The molecular formula is C13H16ClN3O. The van der Waals surface area contributed by atoms with E-state index in [0.717, 1.165) is 37.1 Å². The number of piperazine rings is 1. The van der Waals surface area contributed by atoms with Crippen LogP contribution >= 0.6 is 0 Å². The molecule has 18 heavy (non-hydrogen) atoms. The van der Waals surface area contributed by atoms with Gasteiger partial charge in [-0.05, 0) is 12.1 Å². The van der Waals surface area contributed by atoms with Gasteiger partial charge in [0.05, 0.1) is 26.2 Å². The highest BCUT2D eigenvalue weighted by Gasteiger charge is 2.20. The maximum Gasteiger partial charge on any atom is 0.270 e. The third-order valence-electron chi connectivity index (χ3n) is 3.25. The SMILES string of the molecule is O=C(c1cc2ccccc2[nH]1)N1CC[NH2+]CC1.[Cl-]. The first-order valence-corrected chi connectivity index (χ1v) is 6.03. The number of nitrogens with two attached hydrogens (primary N) is 1. The fourth-order valence-electron chi connectivity index (χ4n) is 2.31. The van der Waals surface area contributed by atoms with E-state index in [2.05, 4.69) is 10.3 Å². The van der Waals surface area contributed by atoms with E-state index in [-0.39, 0.29) is 18.3 Å². The third kappa shape index (κ3) is 2.35. The quantitative estimate of drug-likeness (QED) is 0.575. The summed E-state index contributed by atoms with van der Waals surface area (Å²) in [7, 11) is 0. The monoisotopic (exact) mass is 265 g/mol. The molecule has 1 aliphatic heterocycles. The number of fused-ring (bicyclic) bond motifs is 1. The van der Waals surface area contributed by atoms with Gasteiger partial charge in [-0.1, -0.05) is 18.2 Å². The molecule has 0 spiro atoms. The summed E-state index contributed by atoms with van der Waals surface area (Å²) in [5.74, 6) is 0.120. The predicted octanol–water partition coefficient (Wildman–Crippen LogP) is -2.81. The number of para-hydroxylation sites is 1. The highest BCUT2D eigenvalue weighted by Crippen LogP contribution is 2.15. The number of aromatic amines is 1. The topological polar surface area (TPSA) is 52.7 Å². The number of hydrogen-bond acceptors (Lipinski definition) is 1. The van der Waals surface area contributed by atoms with E-state index in [1.807, 2.05) is 35.2 Å². The van der Waals surface area contributed by atoms with Crippen LogP contribution in [0.2, 0.25) is 0 Å². The smallest absolute Gasteiger partial charge is 0.270 e. The van der Waals surface area contributed by atoms with Crippen LogP contribution in [0.25, 0.3) is 10.9 Å². The lowest BCUT2D eigenvalue weighted by atomic mass is 10.2. The van der Waals surface area contributed by atoms with Crippen molar-refractivity contribution in [3.8, 4) is 0 Å². The summed E-state index contributed by atoms with van der Waals surface area (Å²) in [6.45, 7) is 3.69. The number of nitrogens with one attached hydrogen (secondary N) is 1. The van der Waals surface area contributed by atoms with Crippen LogP contribution in [-0.2, 0) is 0 Å². The Kier molecular flexibility index (Phi) is 3.89. The number of rotatable bonds is 1. The van der Waals surface area contributed by atoms with Gasteiger partial charge in [-0.3, -0.25) is 4.79 Å². The Labute approximate surface area is 112 Å². The molecule has 1 saturated heterocycles. The van der Waals surface area contributed by atoms with Crippen molar-refractivity contribution in [3.05, 3.63) is 36.0 Å². The average Bonchev–Trinajstić information content (AvgIpc) is 2.82. The molecule has 1 amide bonds. The van der Waals surface area contributed by atoms with E-state index in [4.69, 9.17) is 0 Å². The van der Waals surface area contributed by atoms with E-state index in [1.54, 1.807) is 0 Å². The molecule has 96 valence electrons. The lowest BCUT2D eigenvalue weighted by Crippen LogP contribution is -3.00. The Morgan fingerprint density at radius 2 is 1.94 bits per heavy atom. The van der Waals surface area contributed by atoms with Crippen LogP contribution in [-0.4, -0.2) is 42.0 Å². The number of carbonyl (C=O) groups is 1. The van der Waals surface area contributed by atoms with Gasteiger partial charge in [0.1, 0.15) is 5.69 Å². The van der Waals surface area contributed by atoms with Crippen molar-refractivity contribution in [1.82, 2.24) is 9.88 Å². The molecule has 0 atom stereocenters. The molecule has 0 unspecified atom stereocenters. The van der Waals surface area contributed by atoms with Crippen LogP contribution in [0.1, 0.15) is 10.5 Å². The minimum Gasteiger partial charge on any atom is -1.00 e. The highest BCUT2D eigenvalue weighted by atomic mass is 35.5. The molecule has 5 heteroatoms. The van der Waals surface area contributed by atoms with Gasteiger partial charge in [-0.15, -0.1) is 0 Å². The Morgan fingerprint density at radius 3 is 2.67 bits per heavy atom. The highest BCUT2D eigenvalue weighted by molar-refractivity contribution is 5.98. The van der Waals surface area contributed by atoms with Crippen molar-refractivity contribution in [3.63, 3.8) is 0 Å². The average molecular weight is 266 g/mol. The van der Waals surface area contributed by atoms with Gasteiger partial charge in [0, 0.05) is 10.9 Å². The molecule has 1 aliphatic rings. The first kappa shape index (κ1) is 12.9. The molecule has 1 aromatic carbocycles. The number of benzene rings is 1. The van der Waals surface area contributed by atoms with Gasteiger partial charge >= 0.3 is 0 Å². The van der Waals surface area contributed by atoms with Gasteiger partial charge in [0.25, 0.3) is 5.91 Å². The van der Waals surface area contributed by atoms with Crippen LogP contribution in [0.3, 0.4) is 0 Å². The number of carbonyl (C=O) groups excluding carboxylic acids is 1. The number of aromatic nitrogens is 1. The zero-order valence-corrected chi connectivity index (χ0v) is 10.8. The number of amides is 1. The second-order valence-electron chi connectivity index (χ2n) is 4.43. The molecule has 1 fully saturated rings. The fraction of sp³-hybridized carbons (Fsp3) is 0.308. The molecule has 0 saturated carbocycles. The van der Waals surface area contributed by atoms with Gasteiger partial charge in [0.15, 0.2) is 0 Å². The van der Waals surface area contributed by atoms with Crippen LogP contribution in [0, 0.1) is 0 Å². The van der Waals surface area contributed by atoms with Crippen molar-refractivity contribution in [2.45, 2.75) is 0 Å². The summed E-state index contributed by atoms with van der Waals surface area (Å²) in [4.78, 5) is 17.4. The van der Waals surface area contributed by atoms with Gasteiger partial charge in [0.2, 0.25) is 0 Å². The number of quaternary nitrogens is 1. The number of hydrogen-bond donors (Lipinski definition) is 2. The molecule has 4 nitrogen and oxygen atoms in total. The largest absolute Gasteiger partial charge is 1.00 e. The number of nitrogens with zero attached hydrogens (tertiary/aromatic N) is 1. The first-order chi connectivity index (χ1) is 8.34. The fourth-order valence-corrected chi connectivity index (χ4v) is 2.31. The second kappa shape index (κ2) is 5.42. The van der Waals surface area contributed by atoms with Crippen LogP contribution in [0.15, 0.2) is 30.3 Å². The first-order valence-electron chi connectivity index (χ1n) is 6.03. The van der Waals surface area contributed by atoms with Crippen molar-refractivity contribution < 1.29 is 22.5 Å². The maximum absolute atomic E-state index is 12.3. The van der Waals surface area contributed by atoms with Gasteiger partial charge in [-0.2, -0.15) is 0 Å². The molecule has 0 radical (unpaired) electrons. The lowest BCUT2D eigenvalue weighted by Gasteiger charge is -2.24. The Balaban J connectivity index is 0.00000120. The summed E-state index contributed by atoms with van der Waals surface area (Å²) in [5.41, 5.74) is 1.73. The summed E-state index contributed by atoms with van der Waals surface area (Å²) in [6, 6.07) is 9.92. The molecule has 3 rings (SSSR count). The predicted molar refractivity (Wildman–Crippen MR) is 65.9 cm³/mol. The van der Waals surface area contributed by atoms with E-state index >= 15 is 0 Å². The minimum atomic E-state index is 0. The van der Waals surface area contributed by atoms with Crippen molar-refractivity contribution >= 4 is 16.8 Å². The number of H-pyrrole nitrogens is 1. The molecule has 1 aromatic heterocycles. The molecule has 0 aliphatic carbocycles. The second-order valence-corrected chi connectivity index (χ2v) is 4.43. The molecular weight excluding hydrogens is 250 g/mol. The third-order valence-corrected chi connectivity index (χ3v) is 3.25. The van der Waals surface area contributed by atoms with E-state index in [0.29, 0.717) is 5.69 Å². The Morgan fingerprint density at radius 1 is 1.22 bits per heavy atom. The molecule has 2 heterocycles. The standard InChI is InChI=1S/C13H15N3O.ClH/c17-13(16-7-5-14-6-8-16)12-9-10-3-1-2-4-11(10)15-12;/h1-4,9,14-15H,5-8H2;1H.